The van der Waals surface area contributed by atoms with Crippen LogP contribution in [0.3, 0.4) is 0 Å². The van der Waals surface area contributed by atoms with Crippen molar-refractivity contribution >= 4 is 17.1 Å². The molecule has 106 valence electrons. The number of fused-ring (bicyclic) bond motifs is 1. The molecule has 0 radical (unpaired) electrons. The van der Waals surface area contributed by atoms with Crippen molar-refractivity contribution in [1.82, 2.24) is 4.98 Å². The minimum Gasteiger partial charge on any atom is -0.450 e. The lowest BCUT2D eigenvalue weighted by Gasteiger charge is -2.03. The highest BCUT2D eigenvalue weighted by Gasteiger charge is 1.99. The van der Waals surface area contributed by atoms with Crippen LogP contribution in [0.2, 0.25) is 0 Å². The van der Waals surface area contributed by atoms with Crippen LogP contribution in [0.25, 0.3) is 10.9 Å². The molecule has 0 fully saturated rings. The highest BCUT2D eigenvalue weighted by Crippen LogP contribution is 2.14. The molecule has 3 aromatic rings. The minimum atomic E-state index is -1.83. The molecule has 2 N–H and O–H groups in total. The molecule has 1 heterocycles. The molecule has 21 heavy (non-hydrogen) atoms. The molecular formula is C17H15NO3. The fraction of sp³-hybridized carbons (Fsp3) is 0.0588. The SMILES string of the molecule is O=C(O)O.c1ccc(Cc2ccc3ccccc3n2)cc1. The van der Waals surface area contributed by atoms with Crippen LogP contribution in [0.1, 0.15) is 11.3 Å². The summed E-state index contributed by atoms with van der Waals surface area (Å²) in [5.74, 6) is 0. The van der Waals surface area contributed by atoms with E-state index in [2.05, 4.69) is 53.5 Å². The lowest BCUT2D eigenvalue weighted by molar-refractivity contribution is 0.137. The predicted octanol–water partition coefficient (Wildman–Crippen LogP) is 4.05. The van der Waals surface area contributed by atoms with E-state index in [-0.39, 0.29) is 0 Å². The molecule has 4 nitrogen and oxygen atoms in total. The van der Waals surface area contributed by atoms with Gasteiger partial charge in [-0.25, -0.2) is 4.79 Å². The lowest BCUT2D eigenvalue weighted by Crippen LogP contribution is -1.92. The molecule has 0 saturated heterocycles. The second kappa shape index (κ2) is 7.05. The maximum atomic E-state index is 8.56. The van der Waals surface area contributed by atoms with Crippen LogP contribution in [-0.4, -0.2) is 21.4 Å². The summed E-state index contributed by atoms with van der Waals surface area (Å²) in [4.78, 5) is 13.2. The van der Waals surface area contributed by atoms with Gasteiger partial charge in [0.2, 0.25) is 0 Å². The van der Waals surface area contributed by atoms with Crippen LogP contribution < -0.4 is 0 Å². The van der Waals surface area contributed by atoms with E-state index in [1.54, 1.807) is 0 Å². The Bertz CT molecular complexity index is 722. The van der Waals surface area contributed by atoms with Crippen LogP contribution >= 0.6 is 0 Å². The number of carbonyl (C=O) groups is 1. The van der Waals surface area contributed by atoms with Gasteiger partial charge in [0.15, 0.2) is 0 Å². The number of hydrogen-bond acceptors (Lipinski definition) is 2. The fourth-order valence-corrected chi connectivity index (χ4v) is 2.01. The largest absolute Gasteiger partial charge is 0.503 e. The normalized spacial score (nSPS) is 9.71. The summed E-state index contributed by atoms with van der Waals surface area (Å²) in [6, 6.07) is 22.9. The van der Waals surface area contributed by atoms with Crippen molar-refractivity contribution in [2.45, 2.75) is 6.42 Å². The molecule has 0 amide bonds. The topological polar surface area (TPSA) is 70.4 Å². The Morgan fingerprint density at radius 1 is 0.857 bits per heavy atom. The van der Waals surface area contributed by atoms with Gasteiger partial charge in [-0.15, -0.1) is 0 Å². The lowest BCUT2D eigenvalue weighted by atomic mass is 10.1. The average molecular weight is 281 g/mol. The van der Waals surface area contributed by atoms with Crippen molar-refractivity contribution < 1.29 is 15.0 Å². The molecule has 0 saturated carbocycles. The van der Waals surface area contributed by atoms with Gasteiger partial charge in [-0.05, 0) is 17.7 Å². The summed E-state index contributed by atoms with van der Waals surface area (Å²) >= 11 is 0. The number of nitrogens with zero attached hydrogens (tertiary/aromatic N) is 1. The maximum absolute atomic E-state index is 8.56. The van der Waals surface area contributed by atoms with Crippen LogP contribution in [0.15, 0.2) is 66.7 Å². The molecule has 0 spiro atoms. The van der Waals surface area contributed by atoms with E-state index < -0.39 is 6.16 Å². The zero-order valence-electron chi connectivity index (χ0n) is 11.3. The molecular weight excluding hydrogens is 266 g/mol. The first-order chi connectivity index (χ1) is 10.1. The quantitative estimate of drug-likeness (QED) is 0.743. The standard InChI is InChI=1S/C16H13N.CH2O3/c1-2-6-13(7-3-1)12-15-11-10-14-8-4-5-9-16(14)17-15;2-1(3)4/h1-11H,12H2;(H2,2,3,4). The number of pyridine rings is 1. The van der Waals surface area contributed by atoms with Gasteiger partial charge in [-0.1, -0.05) is 54.6 Å². The molecule has 0 aliphatic carbocycles. The van der Waals surface area contributed by atoms with Crippen molar-refractivity contribution in [3.63, 3.8) is 0 Å². The van der Waals surface area contributed by atoms with Crippen molar-refractivity contribution in [3.8, 4) is 0 Å². The van der Waals surface area contributed by atoms with Gasteiger partial charge < -0.3 is 10.2 Å². The maximum Gasteiger partial charge on any atom is 0.503 e. The molecule has 0 unspecified atom stereocenters. The van der Waals surface area contributed by atoms with Gasteiger partial charge in [0.1, 0.15) is 0 Å². The van der Waals surface area contributed by atoms with Gasteiger partial charge in [-0.3, -0.25) is 4.98 Å². The summed E-state index contributed by atoms with van der Waals surface area (Å²) in [5.41, 5.74) is 3.49. The minimum absolute atomic E-state index is 0.895. The molecule has 3 rings (SSSR count). The van der Waals surface area contributed by atoms with Crippen LogP contribution in [0, 0.1) is 0 Å². The summed E-state index contributed by atoms with van der Waals surface area (Å²) in [6.07, 6.45) is -0.939. The number of aromatic nitrogens is 1. The fourth-order valence-electron chi connectivity index (χ4n) is 2.01. The average Bonchev–Trinajstić information content (AvgIpc) is 2.48. The first-order valence-electron chi connectivity index (χ1n) is 6.45. The van der Waals surface area contributed by atoms with Gasteiger partial charge in [0, 0.05) is 17.5 Å². The number of carboxylic acid groups (broad SMARTS) is 2. The van der Waals surface area contributed by atoms with Crippen molar-refractivity contribution in [2.75, 3.05) is 0 Å². The number of hydrogen-bond donors (Lipinski definition) is 2. The van der Waals surface area contributed by atoms with Gasteiger partial charge in [-0.2, -0.15) is 0 Å². The third kappa shape index (κ3) is 4.62. The first-order valence-corrected chi connectivity index (χ1v) is 6.45. The number of benzene rings is 2. The van der Waals surface area contributed by atoms with Crippen molar-refractivity contribution in [1.29, 1.82) is 0 Å². The molecule has 0 bridgehead atoms. The van der Waals surface area contributed by atoms with Gasteiger partial charge in [0.05, 0.1) is 5.52 Å². The Labute approximate surface area is 122 Å². The Morgan fingerprint density at radius 3 is 2.19 bits per heavy atom. The monoisotopic (exact) mass is 281 g/mol. The summed E-state index contributed by atoms with van der Waals surface area (Å²) < 4.78 is 0. The predicted molar refractivity (Wildman–Crippen MR) is 81.6 cm³/mol. The zero-order chi connectivity index (χ0) is 15.1. The van der Waals surface area contributed by atoms with Gasteiger partial charge >= 0.3 is 6.16 Å². The zero-order valence-corrected chi connectivity index (χ0v) is 11.3. The molecule has 1 aromatic heterocycles. The number of rotatable bonds is 2. The second-order valence-electron chi connectivity index (χ2n) is 4.44. The van der Waals surface area contributed by atoms with E-state index >= 15 is 0 Å². The number of para-hydroxylation sites is 1. The molecule has 4 heteroatoms. The van der Waals surface area contributed by atoms with E-state index in [0.29, 0.717) is 0 Å². The smallest absolute Gasteiger partial charge is 0.450 e. The van der Waals surface area contributed by atoms with E-state index in [1.807, 2.05) is 18.2 Å². The third-order valence-electron chi connectivity index (χ3n) is 2.88. The first kappa shape index (κ1) is 14.5. The molecule has 0 aliphatic heterocycles. The van der Waals surface area contributed by atoms with E-state index in [0.717, 1.165) is 17.6 Å². The van der Waals surface area contributed by atoms with E-state index in [4.69, 9.17) is 15.0 Å². The van der Waals surface area contributed by atoms with Crippen molar-refractivity contribution in [3.05, 3.63) is 78.0 Å². The van der Waals surface area contributed by atoms with E-state index in [9.17, 15) is 0 Å². The van der Waals surface area contributed by atoms with E-state index in [1.165, 1.54) is 10.9 Å². The summed E-state index contributed by atoms with van der Waals surface area (Å²) in [6.45, 7) is 0. The Morgan fingerprint density at radius 2 is 1.48 bits per heavy atom. The Hall–Kier alpha value is -2.88. The van der Waals surface area contributed by atoms with Crippen LogP contribution in [0.4, 0.5) is 4.79 Å². The van der Waals surface area contributed by atoms with Crippen LogP contribution in [0.5, 0.6) is 0 Å². The van der Waals surface area contributed by atoms with Crippen molar-refractivity contribution in [2.24, 2.45) is 0 Å². The van der Waals surface area contributed by atoms with Gasteiger partial charge in [0.25, 0.3) is 0 Å². The highest BCUT2D eigenvalue weighted by atomic mass is 16.6. The molecule has 2 aromatic carbocycles. The van der Waals surface area contributed by atoms with Crippen LogP contribution in [-0.2, 0) is 6.42 Å². The Balaban J connectivity index is 0.000000361. The second-order valence-corrected chi connectivity index (χ2v) is 4.44. The Kier molecular flexibility index (Phi) is 4.88. The summed E-state index contributed by atoms with van der Waals surface area (Å²) in [5, 5.41) is 15.1. The molecule has 0 aliphatic rings. The highest BCUT2D eigenvalue weighted by molar-refractivity contribution is 5.78. The third-order valence-corrected chi connectivity index (χ3v) is 2.88. The summed E-state index contributed by atoms with van der Waals surface area (Å²) in [7, 11) is 0. The molecule has 0 atom stereocenters.